The van der Waals surface area contributed by atoms with Crippen LogP contribution in [0.1, 0.15) is 40.5 Å². The molecule has 0 aliphatic carbocycles. The zero-order valence-corrected chi connectivity index (χ0v) is 12.2. The fraction of sp³-hybridized carbons (Fsp3) is 0.714. The van der Waals surface area contributed by atoms with Crippen LogP contribution in [0, 0.1) is 0 Å². The van der Waals surface area contributed by atoms with Crippen LogP contribution < -0.4 is 0 Å². The number of hydrogen-bond acceptors (Lipinski definition) is 5. The molecule has 0 saturated heterocycles. The van der Waals surface area contributed by atoms with E-state index in [9.17, 15) is 9.59 Å². The summed E-state index contributed by atoms with van der Waals surface area (Å²) in [5.41, 5.74) is 0.281. The van der Waals surface area contributed by atoms with Gasteiger partial charge in [-0.25, -0.2) is 4.79 Å². The second-order valence-corrected chi connectivity index (χ2v) is 3.98. The summed E-state index contributed by atoms with van der Waals surface area (Å²) in [5, 5.41) is 0. The van der Waals surface area contributed by atoms with Crippen LogP contribution in [0.15, 0.2) is 11.6 Å². The summed E-state index contributed by atoms with van der Waals surface area (Å²) in [5.74, 6) is -0.936. The van der Waals surface area contributed by atoms with Crippen molar-refractivity contribution < 1.29 is 23.8 Å². The van der Waals surface area contributed by atoms with Crippen LogP contribution in [0.25, 0.3) is 0 Å². The Morgan fingerprint density at radius 2 is 1.74 bits per heavy atom. The van der Waals surface area contributed by atoms with E-state index < -0.39 is 11.9 Å². The Morgan fingerprint density at radius 3 is 2.26 bits per heavy atom. The Balaban J connectivity index is 4.52. The molecule has 0 bridgehead atoms. The Labute approximate surface area is 114 Å². The van der Waals surface area contributed by atoms with Gasteiger partial charge in [0.2, 0.25) is 0 Å². The SMILES string of the molecule is CCOC(=O)C/C(=C\COC(C)CC)C(=O)OCC. The summed E-state index contributed by atoms with van der Waals surface area (Å²) >= 11 is 0. The summed E-state index contributed by atoms with van der Waals surface area (Å²) in [6.07, 6.45) is 2.50. The monoisotopic (exact) mass is 272 g/mol. The number of esters is 2. The zero-order chi connectivity index (χ0) is 14.7. The predicted octanol–water partition coefficient (Wildman–Crippen LogP) is 2.24. The van der Waals surface area contributed by atoms with E-state index in [1.54, 1.807) is 19.9 Å². The predicted molar refractivity (Wildman–Crippen MR) is 71.7 cm³/mol. The summed E-state index contributed by atoms with van der Waals surface area (Å²) in [4.78, 5) is 23.1. The summed E-state index contributed by atoms with van der Waals surface area (Å²) in [6, 6.07) is 0. The Hall–Kier alpha value is -1.36. The van der Waals surface area contributed by atoms with E-state index >= 15 is 0 Å². The number of carbonyl (C=O) groups is 2. The first kappa shape index (κ1) is 17.6. The van der Waals surface area contributed by atoms with Gasteiger partial charge in [0, 0.05) is 5.57 Å². The molecule has 5 heteroatoms. The molecule has 0 aromatic heterocycles. The molecule has 0 heterocycles. The zero-order valence-electron chi connectivity index (χ0n) is 12.2. The average Bonchev–Trinajstić information content (AvgIpc) is 2.37. The lowest BCUT2D eigenvalue weighted by atomic mass is 10.2. The molecule has 1 unspecified atom stereocenters. The van der Waals surface area contributed by atoms with Crippen molar-refractivity contribution in [2.24, 2.45) is 0 Å². The lowest BCUT2D eigenvalue weighted by Gasteiger charge is -2.10. The van der Waals surface area contributed by atoms with Gasteiger partial charge in [0.05, 0.1) is 32.3 Å². The maximum absolute atomic E-state index is 11.7. The second-order valence-electron chi connectivity index (χ2n) is 3.98. The molecule has 0 saturated carbocycles. The lowest BCUT2D eigenvalue weighted by molar-refractivity contribution is -0.145. The highest BCUT2D eigenvalue weighted by Crippen LogP contribution is 2.07. The highest BCUT2D eigenvalue weighted by Gasteiger charge is 2.15. The summed E-state index contributed by atoms with van der Waals surface area (Å²) in [6.45, 7) is 8.24. The van der Waals surface area contributed by atoms with Crippen LogP contribution in [0.2, 0.25) is 0 Å². The van der Waals surface area contributed by atoms with Gasteiger partial charge in [-0.15, -0.1) is 0 Å². The topological polar surface area (TPSA) is 61.8 Å². The third-order valence-corrected chi connectivity index (χ3v) is 2.46. The fourth-order valence-corrected chi connectivity index (χ4v) is 1.25. The van der Waals surface area contributed by atoms with Crippen LogP contribution in [0.3, 0.4) is 0 Å². The Morgan fingerprint density at radius 1 is 1.11 bits per heavy atom. The smallest absolute Gasteiger partial charge is 0.334 e. The molecule has 0 spiro atoms. The number of rotatable bonds is 9. The molecule has 1 atom stereocenters. The largest absolute Gasteiger partial charge is 0.466 e. The van der Waals surface area contributed by atoms with Crippen molar-refractivity contribution in [2.75, 3.05) is 19.8 Å². The molecule has 0 N–H and O–H groups in total. The van der Waals surface area contributed by atoms with Gasteiger partial charge in [0.1, 0.15) is 0 Å². The molecular weight excluding hydrogens is 248 g/mol. The molecule has 0 aromatic carbocycles. The first-order chi connectivity index (χ1) is 9.04. The van der Waals surface area contributed by atoms with Crippen LogP contribution in [-0.4, -0.2) is 37.9 Å². The van der Waals surface area contributed by atoms with Gasteiger partial charge in [-0.2, -0.15) is 0 Å². The average molecular weight is 272 g/mol. The van der Waals surface area contributed by atoms with Gasteiger partial charge < -0.3 is 14.2 Å². The van der Waals surface area contributed by atoms with Gasteiger partial charge in [0.15, 0.2) is 0 Å². The molecule has 0 aromatic rings. The van der Waals surface area contributed by atoms with Crippen molar-refractivity contribution in [1.29, 1.82) is 0 Å². The molecule has 0 radical (unpaired) electrons. The van der Waals surface area contributed by atoms with Gasteiger partial charge in [-0.1, -0.05) is 6.92 Å². The van der Waals surface area contributed by atoms with E-state index in [0.29, 0.717) is 0 Å². The standard InChI is InChI=1S/C14H24O5/c1-5-11(4)19-9-8-12(14(16)18-7-3)10-13(15)17-6-2/h8,11H,5-7,9-10H2,1-4H3/b12-8+. The van der Waals surface area contributed by atoms with E-state index in [0.717, 1.165) is 6.42 Å². The van der Waals surface area contributed by atoms with Crippen LogP contribution in [-0.2, 0) is 23.8 Å². The minimum absolute atomic E-state index is 0.0868. The third-order valence-electron chi connectivity index (χ3n) is 2.46. The van der Waals surface area contributed by atoms with E-state index in [1.165, 1.54) is 0 Å². The normalized spacial score (nSPS) is 12.9. The van der Waals surface area contributed by atoms with Crippen molar-refractivity contribution in [1.82, 2.24) is 0 Å². The van der Waals surface area contributed by atoms with Crippen molar-refractivity contribution in [3.63, 3.8) is 0 Å². The Kier molecular flexibility index (Phi) is 9.80. The number of hydrogen-bond donors (Lipinski definition) is 0. The molecule has 0 amide bonds. The maximum Gasteiger partial charge on any atom is 0.334 e. The summed E-state index contributed by atoms with van der Waals surface area (Å²) in [7, 11) is 0. The van der Waals surface area contributed by atoms with Gasteiger partial charge in [-0.3, -0.25) is 4.79 Å². The molecular formula is C14H24O5. The van der Waals surface area contributed by atoms with E-state index in [1.807, 2.05) is 13.8 Å². The number of carbonyl (C=O) groups excluding carboxylic acids is 2. The molecule has 5 nitrogen and oxygen atoms in total. The number of ether oxygens (including phenoxy) is 3. The van der Waals surface area contributed by atoms with Crippen LogP contribution >= 0.6 is 0 Å². The highest BCUT2D eigenvalue weighted by atomic mass is 16.5. The quantitative estimate of drug-likeness (QED) is 0.476. The van der Waals surface area contributed by atoms with E-state index in [-0.39, 0.29) is 37.9 Å². The van der Waals surface area contributed by atoms with E-state index in [2.05, 4.69) is 0 Å². The first-order valence-corrected chi connectivity index (χ1v) is 6.68. The van der Waals surface area contributed by atoms with Crippen molar-refractivity contribution in [3.8, 4) is 0 Å². The van der Waals surface area contributed by atoms with Gasteiger partial charge in [-0.05, 0) is 33.3 Å². The molecule has 110 valence electrons. The van der Waals surface area contributed by atoms with Crippen molar-refractivity contribution in [2.45, 2.75) is 46.6 Å². The molecule has 19 heavy (non-hydrogen) atoms. The third kappa shape index (κ3) is 8.37. The van der Waals surface area contributed by atoms with Crippen molar-refractivity contribution in [3.05, 3.63) is 11.6 Å². The second kappa shape index (κ2) is 10.6. The molecule has 0 fully saturated rings. The highest BCUT2D eigenvalue weighted by molar-refractivity contribution is 5.93. The first-order valence-electron chi connectivity index (χ1n) is 6.68. The lowest BCUT2D eigenvalue weighted by Crippen LogP contribution is -2.15. The molecule has 0 aliphatic heterocycles. The minimum Gasteiger partial charge on any atom is -0.466 e. The van der Waals surface area contributed by atoms with Crippen LogP contribution in [0.5, 0.6) is 0 Å². The van der Waals surface area contributed by atoms with Crippen LogP contribution in [0.4, 0.5) is 0 Å². The summed E-state index contributed by atoms with van der Waals surface area (Å²) < 4.78 is 15.2. The molecule has 0 rings (SSSR count). The maximum atomic E-state index is 11.7. The van der Waals surface area contributed by atoms with Crippen molar-refractivity contribution >= 4 is 11.9 Å². The van der Waals surface area contributed by atoms with Gasteiger partial charge in [0.25, 0.3) is 0 Å². The van der Waals surface area contributed by atoms with E-state index in [4.69, 9.17) is 14.2 Å². The van der Waals surface area contributed by atoms with Gasteiger partial charge >= 0.3 is 11.9 Å². The Bertz CT molecular complexity index is 309. The molecule has 0 aliphatic rings. The fourth-order valence-electron chi connectivity index (χ4n) is 1.25. The minimum atomic E-state index is -0.497.